The van der Waals surface area contributed by atoms with Crippen LogP contribution < -0.4 is 10.2 Å². The average Bonchev–Trinajstić information content (AvgIpc) is 2.78. The summed E-state index contributed by atoms with van der Waals surface area (Å²) in [6, 6.07) is 15.2. The molecule has 8 nitrogen and oxygen atoms in total. The van der Waals surface area contributed by atoms with Crippen LogP contribution in [0.15, 0.2) is 60.7 Å². The van der Waals surface area contributed by atoms with E-state index in [-0.39, 0.29) is 17.5 Å². The van der Waals surface area contributed by atoms with Crippen LogP contribution in [0.25, 0.3) is 6.08 Å². The molecule has 8 heteroatoms. The van der Waals surface area contributed by atoms with Crippen LogP contribution in [0.5, 0.6) is 0 Å². The number of nitrogens with zero attached hydrogens (tertiary/aromatic N) is 3. The summed E-state index contributed by atoms with van der Waals surface area (Å²) >= 11 is 0. The maximum atomic E-state index is 12.7. The molecule has 1 heterocycles. The number of anilines is 1. The third kappa shape index (κ3) is 5.44. The Labute approximate surface area is 174 Å². The molecule has 0 aliphatic carbocycles. The van der Waals surface area contributed by atoms with Gasteiger partial charge in [0.2, 0.25) is 11.8 Å². The largest absolute Gasteiger partial charge is 0.368 e. The van der Waals surface area contributed by atoms with Gasteiger partial charge in [0.05, 0.1) is 4.92 Å². The summed E-state index contributed by atoms with van der Waals surface area (Å²) in [5, 5.41) is 13.5. The number of non-ortho nitro benzene ring substituents is 1. The van der Waals surface area contributed by atoms with Gasteiger partial charge in [-0.05, 0) is 30.7 Å². The van der Waals surface area contributed by atoms with E-state index in [1.807, 2.05) is 30.3 Å². The minimum absolute atomic E-state index is 0.0541. The third-order valence-corrected chi connectivity index (χ3v) is 4.97. The molecule has 1 N–H and O–H groups in total. The van der Waals surface area contributed by atoms with Crippen molar-refractivity contribution in [3.8, 4) is 0 Å². The lowest BCUT2D eigenvalue weighted by Gasteiger charge is -2.37. The van der Waals surface area contributed by atoms with E-state index in [1.165, 1.54) is 18.2 Å². The van der Waals surface area contributed by atoms with Gasteiger partial charge in [-0.1, -0.05) is 30.3 Å². The fourth-order valence-corrected chi connectivity index (χ4v) is 3.30. The highest BCUT2D eigenvalue weighted by Gasteiger charge is 2.25. The Morgan fingerprint density at radius 1 is 1.03 bits per heavy atom. The molecule has 0 bridgehead atoms. The Morgan fingerprint density at radius 3 is 2.27 bits per heavy atom. The van der Waals surface area contributed by atoms with Crippen LogP contribution in [0.3, 0.4) is 0 Å². The quantitative estimate of drug-likeness (QED) is 0.450. The van der Waals surface area contributed by atoms with Crippen LogP contribution in [0, 0.1) is 10.1 Å². The first-order valence-corrected chi connectivity index (χ1v) is 9.76. The number of nitro groups is 1. The lowest BCUT2D eigenvalue weighted by Crippen LogP contribution is -2.54. The van der Waals surface area contributed by atoms with E-state index in [0.29, 0.717) is 26.2 Å². The summed E-state index contributed by atoms with van der Waals surface area (Å²) in [5.41, 5.74) is 1.85. The van der Waals surface area contributed by atoms with Crippen molar-refractivity contribution < 1.29 is 14.5 Å². The Bertz CT molecular complexity index is 920. The Kier molecular flexibility index (Phi) is 6.79. The predicted octanol–water partition coefficient (Wildman–Crippen LogP) is 2.46. The second-order valence-corrected chi connectivity index (χ2v) is 7.06. The maximum absolute atomic E-state index is 12.7. The number of carbonyl (C=O) groups is 2. The SMILES string of the molecule is CC(NC(=O)/C=C/c1ccccc1)C(=O)N1CCN(c2ccc([N+](=O)[O-])cc2)CC1. The monoisotopic (exact) mass is 408 g/mol. The van der Waals surface area contributed by atoms with Gasteiger partial charge in [0.1, 0.15) is 6.04 Å². The Morgan fingerprint density at radius 2 is 1.67 bits per heavy atom. The lowest BCUT2D eigenvalue weighted by atomic mass is 10.2. The van der Waals surface area contributed by atoms with Crippen molar-refractivity contribution in [1.82, 2.24) is 10.2 Å². The number of nitro benzene ring substituents is 1. The fraction of sp³-hybridized carbons (Fsp3) is 0.273. The summed E-state index contributed by atoms with van der Waals surface area (Å²) in [4.78, 5) is 38.9. The van der Waals surface area contributed by atoms with E-state index in [0.717, 1.165) is 11.3 Å². The van der Waals surface area contributed by atoms with Crippen molar-refractivity contribution >= 4 is 29.3 Å². The van der Waals surface area contributed by atoms with Gasteiger partial charge in [0.15, 0.2) is 0 Å². The highest BCUT2D eigenvalue weighted by atomic mass is 16.6. The molecule has 2 aromatic rings. The predicted molar refractivity (Wildman–Crippen MR) is 115 cm³/mol. The molecule has 156 valence electrons. The second kappa shape index (κ2) is 9.69. The topological polar surface area (TPSA) is 95.8 Å². The minimum Gasteiger partial charge on any atom is -0.368 e. The zero-order valence-electron chi connectivity index (χ0n) is 16.7. The molecule has 1 aliphatic rings. The average molecular weight is 408 g/mol. The molecule has 0 radical (unpaired) electrons. The van der Waals surface area contributed by atoms with Gasteiger partial charge >= 0.3 is 0 Å². The van der Waals surface area contributed by atoms with Crippen molar-refractivity contribution in [3.63, 3.8) is 0 Å². The van der Waals surface area contributed by atoms with Gasteiger partial charge in [-0.3, -0.25) is 19.7 Å². The number of carbonyl (C=O) groups excluding carboxylic acids is 2. The molecule has 1 unspecified atom stereocenters. The molecule has 1 fully saturated rings. The van der Waals surface area contributed by atoms with Crippen LogP contribution >= 0.6 is 0 Å². The molecular formula is C22H24N4O4. The molecule has 0 saturated carbocycles. The molecule has 2 amide bonds. The zero-order chi connectivity index (χ0) is 21.5. The Balaban J connectivity index is 1.48. The first kappa shape index (κ1) is 21.0. The smallest absolute Gasteiger partial charge is 0.269 e. The number of hydrogen-bond acceptors (Lipinski definition) is 5. The van der Waals surface area contributed by atoms with Gasteiger partial charge in [-0.25, -0.2) is 0 Å². The Hall–Kier alpha value is -3.68. The molecular weight excluding hydrogens is 384 g/mol. The first-order valence-electron chi connectivity index (χ1n) is 9.76. The normalized spacial score (nSPS) is 15.1. The summed E-state index contributed by atoms with van der Waals surface area (Å²) in [7, 11) is 0. The van der Waals surface area contributed by atoms with Crippen molar-refractivity contribution in [2.45, 2.75) is 13.0 Å². The standard InChI is InChI=1S/C22H24N4O4/c1-17(23-21(27)12-7-18-5-3-2-4-6-18)22(28)25-15-13-24(14-16-25)19-8-10-20(11-9-19)26(29)30/h2-12,17H,13-16H2,1H3,(H,23,27)/b12-7+. The summed E-state index contributed by atoms with van der Waals surface area (Å²) < 4.78 is 0. The number of rotatable bonds is 6. The molecule has 3 rings (SSSR count). The molecule has 2 aromatic carbocycles. The van der Waals surface area contributed by atoms with E-state index in [1.54, 1.807) is 30.0 Å². The molecule has 0 aromatic heterocycles. The van der Waals surface area contributed by atoms with E-state index < -0.39 is 11.0 Å². The van der Waals surface area contributed by atoms with Gasteiger partial charge < -0.3 is 15.1 Å². The third-order valence-electron chi connectivity index (χ3n) is 4.97. The number of piperazine rings is 1. The zero-order valence-corrected chi connectivity index (χ0v) is 16.7. The van der Waals surface area contributed by atoms with E-state index in [2.05, 4.69) is 10.2 Å². The number of hydrogen-bond donors (Lipinski definition) is 1. The number of benzene rings is 2. The van der Waals surface area contributed by atoms with Crippen molar-refractivity contribution in [1.29, 1.82) is 0 Å². The highest BCUT2D eigenvalue weighted by Crippen LogP contribution is 2.20. The van der Waals surface area contributed by atoms with E-state index in [9.17, 15) is 19.7 Å². The summed E-state index contributed by atoms with van der Waals surface area (Å²) in [6.07, 6.45) is 3.13. The van der Waals surface area contributed by atoms with Crippen LogP contribution in [0.2, 0.25) is 0 Å². The van der Waals surface area contributed by atoms with Crippen LogP contribution in [0.1, 0.15) is 12.5 Å². The van der Waals surface area contributed by atoms with Gasteiger partial charge in [0.25, 0.3) is 5.69 Å². The van der Waals surface area contributed by atoms with Gasteiger partial charge in [-0.2, -0.15) is 0 Å². The second-order valence-electron chi connectivity index (χ2n) is 7.06. The maximum Gasteiger partial charge on any atom is 0.269 e. The number of amides is 2. The van der Waals surface area contributed by atoms with Crippen LogP contribution in [-0.2, 0) is 9.59 Å². The van der Waals surface area contributed by atoms with Gasteiger partial charge in [0, 0.05) is 50.1 Å². The van der Waals surface area contributed by atoms with Crippen molar-refractivity contribution in [2.75, 3.05) is 31.1 Å². The molecule has 1 saturated heterocycles. The molecule has 0 spiro atoms. The van der Waals surface area contributed by atoms with E-state index >= 15 is 0 Å². The number of nitrogens with one attached hydrogen (secondary N) is 1. The summed E-state index contributed by atoms with van der Waals surface area (Å²) in [6.45, 7) is 3.97. The molecule has 30 heavy (non-hydrogen) atoms. The van der Waals surface area contributed by atoms with Crippen LogP contribution in [-0.4, -0.2) is 53.9 Å². The highest BCUT2D eigenvalue weighted by molar-refractivity contribution is 5.95. The van der Waals surface area contributed by atoms with Crippen molar-refractivity contribution in [2.24, 2.45) is 0 Å². The van der Waals surface area contributed by atoms with Crippen molar-refractivity contribution in [3.05, 3.63) is 76.4 Å². The molecule has 1 atom stereocenters. The summed E-state index contributed by atoms with van der Waals surface area (Å²) in [5.74, 6) is -0.441. The van der Waals surface area contributed by atoms with Crippen LogP contribution in [0.4, 0.5) is 11.4 Å². The lowest BCUT2D eigenvalue weighted by molar-refractivity contribution is -0.384. The minimum atomic E-state index is -0.621. The molecule has 1 aliphatic heterocycles. The first-order chi connectivity index (χ1) is 14.4. The fourth-order valence-electron chi connectivity index (χ4n) is 3.30. The van der Waals surface area contributed by atoms with E-state index in [4.69, 9.17) is 0 Å². The van der Waals surface area contributed by atoms with Gasteiger partial charge in [-0.15, -0.1) is 0 Å².